The molecule has 1 heterocycles. The SMILES string of the molecule is CCC(CNC)Nc1ccnc(N)c1N(N=O)c1ccc(Oc2ccccc2)cc1. The van der Waals surface area contributed by atoms with Crippen LogP contribution in [0.4, 0.5) is 22.9 Å². The molecule has 0 radical (unpaired) electrons. The number of benzene rings is 2. The van der Waals surface area contributed by atoms with Crippen molar-refractivity contribution in [1.29, 1.82) is 0 Å². The van der Waals surface area contributed by atoms with Crippen LogP contribution in [0.15, 0.2) is 72.1 Å². The van der Waals surface area contributed by atoms with Crippen LogP contribution in [0, 0.1) is 4.91 Å². The monoisotopic (exact) mass is 406 g/mol. The van der Waals surface area contributed by atoms with Crippen molar-refractivity contribution in [2.24, 2.45) is 5.29 Å². The molecule has 30 heavy (non-hydrogen) atoms. The summed E-state index contributed by atoms with van der Waals surface area (Å²) >= 11 is 0. The van der Waals surface area contributed by atoms with Gasteiger partial charge in [0.2, 0.25) is 0 Å². The Balaban J connectivity index is 1.87. The molecule has 0 bridgehead atoms. The van der Waals surface area contributed by atoms with Gasteiger partial charge in [-0.15, -0.1) is 4.91 Å². The molecule has 0 aliphatic rings. The maximum atomic E-state index is 11.8. The van der Waals surface area contributed by atoms with E-state index in [0.29, 0.717) is 22.8 Å². The molecule has 0 fully saturated rings. The van der Waals surface area contributed by atoms with Crippen LogP contribution in [-0.4, -0.2) is 24.6 Å². The highest BCUT2D eigenvalue weighted by Crippen LogP contribution is 2.37. The summed E-state index contributed by atoms with van der Waals surface area (Å²) in [6, 6.07) is 18.5. The summed E-state index contributed by atoms with van der Waals surface area (Å²) in [5.74, 6) is 1.59. The molecule has 8 nitrogen and oxygen atoms in total. The number of nitrogen functional groups attached to an aromatic ring is 1. The van der Waals surface area contributed by atoms with E-state index in [4.69, 9.17) is 10.5 Å². The molecule has 3 rings (SSSR count). The summed E-state index contributed by atoms with van der Waals surface area (Å²) in [7, 11) is 1.89. The fourth-order valence-corrected chi connectivity index (χ4v) is 3.07. The van der Waals surface area contributed by atoms with Gasteiger partial charge in [0.25, 0.3) is 0 Å². The summed E-state index contributed by atoms with van der Waals surface area (Å²) in [5.41, 5.74) is 7.78. The lowest BCUT2D eigenvalue weighted by Crippen LogP contribution is -2.31. The van der Waals surface area contributed by atoms with Crippen molar-refractivity contribution in [2.75, 3.05) is 29.7 Å². The van der Waals surface area contributed by atoms with Crippen molar-refractivity contribution in [3.63, 3.8) is 0 Å². The number of rotatable bonds is 10. The number of para-hydroxylation sites is 1. The van der Waals surface area contributed by atoms with E-state index in [1.165, 1.54) is 5.01 Å². The number of hydrogen-bond acceptors (Lipinski definition) is 7. The Kier molecular flexibility index (Phi) is 7.18. The fourth-order valence-electron chi connectivity index (χ4n) is 3.07. The number of nitrogens with two attached hydrogens (primary N) is 1. The van der Waals surface area contributed by atoms with Gasteiger partial charge in [0.05, 0.1) is 16.7 Å². The third-order valence-electron chi connectivity index (χ3n) is 4.61. The molecule has 0 aliphatic heterocycles. The predicted molar refractivity (Wildman–Crippen MR) is 121 cm³/mol. The van der Waals surface area contributed by atoms with Crippen molar-refractivity contribution in [1.82, 2.24) is 10.3 Å². The van der Waals surface area contributed by atoms with Crippen molar-refractivity contribution >= 4 is 22.9 Å². The maximum Gasteiger partial charge on any atom is 0.151 e. The summed E-state index contributed by atoms with van der Waals surface area (Å²) in [4.78, 5) is 15.9. The van der Waals surface area contributed by atoms with E-state index >= 15 is 0 Å². The minimum atomic E-state index is 0.158. The summed E-state index contributed by atoms with van der Waals surface area (Å²) in [6.45, 7) is 2.85. The van der Waals surface area contributed by atoms with E-state index in [-0.39, 0.29) is 11.9 Å². The smallest absolute Gasteiger partial charge is 0.151 e. The van der Waals surface area contributed by atoms with Gasteiger partial charge >= 0.3 is 0 Å². The third-order valence-corrected chi connectivity index (χ3v) is 4.61. The molecule has 1 unspecified atom stereocenters. The Morgan fingerprint density at radius 2 is 1.80 bits per heavy atom. The fraction of sp³-hybridized carbons (Fsp3) is 0.227. The average molecular weight is 406 g/mol. The molecule has 1 atom stereocenters. The first-order chi connectivity index (χ1) is 14.7. The van der Waals surface area contributed by atoms with Gasteiger partial charge in [-0.05, 0) is 55.9 Å². The molecule has 1 aromatic heterocycles. The Morgan fingerprint density at radius 3 is 2.43 bits per heavy atom. The molecule has 156 valence electrons. The van der Waals surface area contributed by atoms with E-state index < -0.39 is 0 Å². The Hall–Kier alpha value is -3.65. The van der Waals surface area contributed by atoms with Crippen molar-refractivity contribution < 1.29 is 4.74 Å². The Labute approximate surface area is 176 Å². The number of likely N-dealkylation sites (N-methyl/N-ethyl adjacent to an activating group) is 1. The standard InChI is InChI=1S/C22H26N6O2/c1-3-16(15-24-2)26-20-13-14-25-22(23)21(20)28(27-29)17-9-11-19(12-10-17)30-18-7-5-4-6-8-18/h4-14,16,24H,3,15H2,1-2H3,(H3,23,25,26). The lowest BCUT2D eigenvalue weighted by molar-refractivity contribution is 0.483. The average Bonchev–Trinajstić information content (AvgIpc) is 2.77. The van der Waals surface area contributed by atoms with E-state index in [2.05, 4.69) is 27.8 Å². The zero-order chi connectivity index (χ0) is 21.3. The van der Waals surface area contributed by atoms with Gasteiger partial charge in [-0.3, -0.25) is 0 Å². The molecule has 0 amide bonds. The number of pyridine rings is 1. The van der Waals surface area contributed by atoms with Gasteiger partial charge in [-0.25, -0.2) is 4.98 Å². The van der Waals surface area contributed by atoms with Gasteiger partial charge in [0, 0.05) is 18.8 Å². The van der Waals surface area contributed by atoms with Crippen LogP contribution in [0.25, 0.3) is 0 Å². The van der Waals surface area contributed by atoms with Crippen LogP contribution >= 0.6 is 0 Å². The van der Waals surface area contributed by atoms with Gasteiger partial charge < -0.3 is 21.1 Å². The third kappa shape index (κ3) is 5.03. The first-order valence-electron chi connectivity index (χ1n) is 9.78. The van der Waals surface area contributed by atoms with Crippen LogP contribution in [0.2, 0.25) is 0 Å². The van der Waals surface area contributed by atoms with Gasteiger partial charge in [0.1, 0.15) is 17.2 Å². The molecule has 2 aromatic carbocycles. The minimum Gasteiger partial charge on any atom is -0.457 e. The van der Waals surface area contributed by atoms with E-state index in [0.717, 1.165) is 18.7 Å². The van der Waals surface area contributed by atoms with Crippen LogP contribution in [-0.2, 0) is 0 Å². The zero-order valence-electron chi connectivity index (χ0n) is 17.1. The van der Waals surface area contributed by atoms with Crippen LogP contribution in [0.1, 0.15) is 13.3 Å². The topological polar surface area (TPSA) is 105 Å². The number of hydrogen-bond donors (Lipinski definition) is 3. The summed E-state index contributed by atoms with van der Waals surface area (Å²) < 4.78 is 5.81. The van der Waals surface area contributed by atoms with Crippen molar-refractivity contribution in [3.05, 3.63) is 71.8 Å². The highest BCUT2D eigenvalue weighted by molar-refractivity contribution is 5.84. The molecule has 0 spiro atoms. The van der Waals surface area contributed by atoms with Crippen molar-refractivity contribution in [3.8, 4) is 11.5 Å². The summed E-state index contributed by atoms with van der Waals surface area (Å²) in [5, 5.41) is 11.0. The molecule has 3 aromatic rings. The van der Waals surface area contributed by atoms with Gasteiger partial charge in [-0.2, -0.15) is 5.01 Å². The van der Waals surface area contributed by atoms with E-state index in [1.807, 2.05) is 37.4 Å². The molecule has 4 N–H and O–H groups in total. The highest BCUT2D eigenvalue weighted by Gasteiger charge is 2.20. The normalized spacial score (nSPS) is 11.5. The lowest BCUT2D eigenvalue weighted by atomic mass is 10.2. The maximum absolute atomic E-state index is 11.8. The second-order valence-electron chi connectivity index (χ2n) is 6.70. The lowest BCUT2D eigenvalue weighted by Gasteiger charge is -2.24. The predicted octanol–water partition coefficient (Wildman–Crippen LogP) is 4.69. The number of ether oxygens (including phenoxy) is 1. The Bertz CT molecular complexity index is 950. The number of nitroso groups, excluding NO2 is 1. The van der Waals surface area contributed by atoms with Crippen LogP contribution < -0.4 is 26.1 Å². The van der Waals surface area contributed by atoms with Crippen molar-refractivity contribution in [2.45, 2.75) is 19.4 Å². The molecule has 0 saturated heterocycles. The second kappa shape index (κ2) is 10.2. The first kappa shape index (κ1) is 21.1. The number of anilines is 4. The summed E-state index contributed by atoms with van der Waals surface area (Å²) in [6.07, 6.45) is 2.50. The van der Waals surface area contributed by atoms with E-state index in [1.54, 1.807) is 36.5 Å². The first-order valence-corrected chi connectivity index (χ1v) is 9.78. The molecule has 0 saturated carbocycles. The number of nitrogens with one attached hydrogen (secondary N) is 2. The molecular weight excluding hydrogens is 380 g/mol. The quantitative estimate of drug-likeness (QED) is 0.331. The van der Waals surface area contributed by atoms with E-state index in [9.17, 15) is 4.91 Å². The van der Waals surface area contributed by atoms with Crippen LogP contribution in [0.5, 0.6) is 11.5 Å². The minimum absolute atomic E-state index is 0.158. The molecule has 8 heteroatoms. The largest absolute Gasteiger partial charge is 0.457 e. The second-order valence-corrected chi connectivity index (χ2v) is 6.70. The van der Waals surface area contributed by atoms with Gasteiger partial charge in [0.15, 0.2) is 5.82 Å². The Morgan fingerprint density at radius 1 is 1.10 bits per heavy atom. The van der Waals surface area contributed by atoms with Gasteiger partial charge in [-0.1, -0.05) is 25.1 Å². The highest BCUT2D eigenvalue weighted by atomic mass is 16.5. The zero-order valence-corrected chi connectivity index (χ0v) is 17.1. The number of aromatic nitrogens is 1. The molecule has 0 aliphatic carbocycles. The van der Waals surface area contributed by atoms with Crippen LogP contribution in [0.3, 0.4) is 0 Å². The molecular formula is C22H26N6O2. The number of nitrogens with zero attached hydrogens (tertiary/aromatic N) is 3.